The van der Waals surface area contributed by atoms with Gasteiger partial charge < -0.3 is 4.74 Å². The molecule has 4 saturated carbocycles. The summed E-state index contributed by atoms with van der Waals surface area (Å²) in [5.74, 6) is 2.86. The molecule has 144 valence electrons. The van der Waals surface area contributed by atoms with E-state index in [1.54, 1.807) is 12.1 Å². The van der Waals surface area contributed by atoms with Gasteiger partial charge in [-0.05, 0) is 92.7 Å². The van der Waals surface area contributed by atoms with Crippen molar-refractivity contribution in [2.45, 2.75) is 69.7 Å². The van der Waals surface area contributed by atoms with Gasteiger partial charge in [-0.15, -0.1) is 0 Å². The minimum absolute atomic E-state index is 0.0196. The molecular weight excluding hydrogens is 346 g/mol. The smallest absolute Gasteiger partial charge is 0.244 e. The van der Waals surface area contributed by atoms with Gasteiger partial charge in [-0.25, -0.2) is 13.1 Å². The summed E-state index contributed by atoms with van der Waals surface area (Å²) >= 11 is 0. The summed E-state index contributed by atoms with van der Waals surface area (Å²) in [6.07, 6.45) is 8.55. The lowest BCUT2D eigenvalue weighted by atomic mass is 9.47. The van der Waals surface area contributed by atoms with Gasteiger partial charge >= 0.3 is 0 Å². The Balaban J connectivity index is 1.64. The quantitative estimate of drug-likeness (QED) is 0.805. The van der Waals surface area contributed by atoms with E-state index < -0.39 is 10.0 Å². The average Bonchev–Trinajstić information content (AvgIpc) is 2.58. The predicted molar refractivity (Wildman–Crippen MR) is 103 cm³/mol. The first-order chi connectivity index (χ1) is 12.3. The molecule has 0 saturated heterocycles. The van der Waals surface area contributed by atoms with Crippen LogP contribution in [0.25, 0.3) is 0 Å². The number of methoxy groups -OCH3 is 1. The van der Waals surface area contributed by atoms with E-state index in [0.717, 1.165) is 29.7 Å². The van der Waals surface area contributed by atoms with Crippen molar-refractivity contribution in [2.24, 2.45) is 23.2 Å². The van der Waals surface area contributed by atoms with Crippen molar-refractivity contribution in [2.75, 3.05) is 7.11 Å². The molecule has 0 aromatic heterocycles. The minimum atomic E-state index is -3.61. The van der Waals surface area contributed by atoms with Crippen molar-refractivity contribution in [3.63, 3.8) is 0 Å². The van der Waals surface area contributed by atoms with Crippen LogP contribution in [0.3, 0.4) is 0 Å². The molecule has 0 heterocycles. The molecule has 0 radical (unpaired) electrons. The van der Waals surface area contributed by atoms with E-state index in [9.17, 15) is 8.42 Å². The SMILES string of the molecule is CC[C@@H](NS(=O)(=O)c1cc(C)ccc1OC)C12CC3CC(CC(C3)C1)C2. The monoisotopic (exact) mass is 377 g/mol. The molecule has 5 heteroatoms. The number of aryl methyl sites for hydroxylation is 1. The highest BCUT2D eigenvalue weighted by atomic mass is 32.2. The van der Waals surface area contributed by atoms with E-state index >= 15 is 0 Å². The molecule has 0 spiro atoms. The molecule has 1 N–H and O–H groups in total. The number of benzene rings is 1. The van der Waals surface area contributed by atoms with Gasteiger partial charge in [0.15, 0.2) is 0 Å². The fourth-order valence-electron chi connectivity index (χ4n) is 6.49. The average molecular weight is 378 g/mol. The first-order valence-corrected chi connectivity index (χ1v) is 11.5. The zero-order valence-corrected chi connectivity index (χ0v) is 16.9. The minimum Gasteiger partial charge on any atom is -0.495 e. The van der Waals surface area contributed by atoms with E-state index in [0.29, 0.717) is 5.75 Å². The first kappa shape index (κ1) is 18.3. The Morgan fingerprint density at radius 2 is 1.73 bits per heavy atom. The van der Waals surface area contributed by atoms with Crippen LogP contribution in [0.1, 0.15) is 57.4 Å². The van der Waals surface area contributed by atoms with Crippen LogP contribution in [-0.4, -0.2) is 21.6 Å². The van der Waals surface area contributed by atoms with E-state index in [1.165, 1.54) is 45.6 Å². The molecule has 4 nitrogen and oxygen atoms in total. The zero-order valence-electron chi connectivity index (χ0n) is 16.1. The van der Waals surface area contributed by atoms with Crippen LogP contribution in [0.15, 0.2) is 23.1 Å². The number of sulfonamides is 1. The van der Waals surface area contributed by atoms with Crippen molar-refractivity contribution in [3.8, 4) is 5.75 Å². The molecule has 4 fully saturated rings. The van der Waals surface area contributed by atoms with Crippen LogP contribution in [0.4, 0.5) is 0 Å². The van der Waals surface area contributed by atoms with Crippen LogP contribution >= 0.6 is 0 Å². The van der Waals surface area contributed by atoms with Crippen molar-refractivity contribution in [1.82, 2.24) is 4.72 Å². The summed E-state index contributed by atoms with van der Waals surface area (Å²) in [5, 5.41) is 0. The Labute approximate surface area is 157 Å². The molecule has 1 atom stereocenters. The molecule has 0 amide bonds. The first-order valence-electron chi connectivity index (χ1n) is 10.0. The van der Waals surface area contributed by atoms with Crippen molar-refractivity contribution >= 4 is 10.0 Å². The maximum absolute atomic E-state index is 13.2. The lowest BCUT2D eigenvalue weighted by molar-refractivity contribution is -0.0704. The number of hydrogen-bond acceptors (Lipinski definition) is 3. The highest BCUT2D eigenvalue weighted by Gasteiger charge is 2.54. The molecule has 1 aromatic rings. The summed E-state index contributed by atoms with van der Waals surface area (Å²) in [7, 11) is -2.08. The van der Waals surface area contributed by atoms with Crippen LogP contribution in [0.2, 0.25) is 0 Å². The Morgan fingerprint density at radius 3 is 2.23 bits per heavy atom. The second kappa shape index (κ2) is 6.52. The van der Waals surface area contributed by atoms with Crippen LogP contribution in [0.5, 0.6) is 5.75 Å². The highest BCUT2D eigenvalue weighted by molar-refractivity contribution is 7.89. The van der Waals surface area contributed by atoms with Gasteiger partial charge in [-0.1, -0.05) is 13.0 Å². The van der Waals surface area contributed by atoms with E-state index in [-0.39, 0.29) is 16.4 Å². The lowest BCUT2D eigenvalue weighted by Gasteiger charge is -2.59. The molecule has 26 heavy (non-hydrogen) atoms. The number of hydrogen-bond donors (Lipinski definition) is 1. The lowest BCUT2D eigenvalue weighted by Crippen LogP contribution is -2.56. The standard InChI is InChI=1S/C21H31NO3S/c1-4-20(21-11-15-8-16(12-21)10-17(9-15)13-21)22-26(23,24)19-7-14(2)5-6-18(19)25-3/h5-7,15-17,20,22H,4,8-13H2,1-3H3/t15?,16?,17?,20-,21?/m1/s1. The van der Waals surface area contributed by atoms with Crippen LogP contribution in [-0.2, 0) is 10.0 Å². The van der Waals surface area contributed by atoms with Gasteiger partial charge in [-0.2, -0.15) is 0 Å². The Hall–Kier alpha value is -1.07. The van der Waals surface area contributed by atoms with E-state index in [4.69, 9.17) is 4.74 Å². The molecule has 1 aromatic carbocycles. The maximum Gasteiger partial charge on any atom is 0.244 e. The summed E-state index contributed by atoms with van der Waals surface area (Å²) in [6.45, 7) is 4.04. The van der Waals surface area contributed by atoms with Gasteiger partial charge in [0, 0.05) is 6.04 Å². The number of ether oxygens (including phenoxy) is 1. The maximum atomic E-state index is 13.2. The van der Waals surface area contributed by atoms with Gasteiger partial charge in [0.1, 0.15) is 10.6 Å². The van der Waals surface area contributed by atoms with Crippen molar-refractivity contribution in [1.29, 1.82) is 0 Å². The van der Waals surface area contributed by atoms with Crippen LogP contribution in [0, 0.1) is 30.1 Å². The molecule has 0 unspecified atom stereocenters. The summed E-state index contributed by atoms with van der Waals surface area (Å²) in [4.78, 5) is 0.267. The largest absolute Gasteiger partial charge is 0.495 e. The molecule has 0 aliphatic heterocycles. The third kappa shape index (κ3) is 3.07. The number of nitrogens with one attached hydrogen (secondary N) is 1. The fourth-order valence-corrected chi connectivity index (χ4v) is 8.17. The third-order valence-electron chi connectivity index (χ3n) is 7.14. The van der Waals surface area contributed by atoms with Gasteiger partial charge in [0.25, 0.3) is 0 Å². The number of rotatable bonds is 6. The van der Waals surface area contributed by atoms with E-state index in [2.05, 4.69) is 11.6 Å². The summed E-state index contributed by atoms with van der Waals surface area (Å²) < 4.78 is 34.9. The summed E-state index contributed by atoms with van der Waals surface area (Å²) in [5.41, 5.74) is 1.09. The van der Waals surface area contributed by atoms with Gasteiger partial charge in [0.2, 0.25) is 10.0 Å². The Bertz CT molecular complexity index is 751. The van der Waals surface area contributed by atoms with Crippen molar-refractivity contribution < 1.29 is 13.2 Å². The molecular formula is C21H31NO3S. The second-order valence-corrected chi connectivity index (χ2v) is 10.7. The molecule has 5 rings (SSSR count). The molecule has 4 aliphatic carbocycles. The fraction of sp³-hybridized carbons (Fsp3) is 0.714. The topological polar surface area (TPSA) is 55.4 Å². The normalized spacial score (nSPS) is 34.0. The van der Waals surface area contributed by atoms with Crippen molar-refractivity contribution in [3.05, 3.63) is 23.8 Å². The van der Waals surface area contributed by atoms with Gasteiger partial charge in [-0.3, -0.25) is 0 Å². The second-order valence-electron chi connectivity index (χ2n) is 9.02. The zero-order chi connectivity index (χ0) is 18.5. The van der Waals surface area contributed by atoms with Crippen LogP contribution < -0.4 is 9.46 Å². The predicted octanol–water partition coefficient (Wildman–Crippen LogP) is 4.28. The Morgan fingerprint density at radius 1 is 1.15 bits per heavy atom. The van der Waals surface area contributed by atoms with E-state index in [1.807, 2.05) is 13.0 Å². The molecule has 4 aliphatic rings. The Kier molecular flexibility index (Phi) is 4.59. The third-order valence-corrected chi connectivity index (χ3v) is 8.63. The highest BCUT2D eigenvalue weighted by Crippen LogP contribution is 2.61. The van der Waals surface area contributed by atoms with Gasteiger partial charge in [0.05, 0.1) is 7.11 Å². The summed E-state index contributed by atoms with van der Waals surface area (Å²) in [6, 6.07) is 5.36. The molecule has 4 bridgehead atoms.